The van der Waals surface area contributed by atoms with Crippen LogP contribution >= 0.6 is 0 Å². The summed E-state index contributed by atoms with van der Waals surface area (Å²) in [6, 6.07) is 9.48. The Morgan fingerprint density at radius 1 is 0.963 bits per heavy atom. The van der Waals surface area contributed by atoms with Gasteiger partial charge in [-0.2, -0.15) is 0 Å². The molecule has 8 nitrogen and oxygen atoms in total. The fourth-order valence-corrected chi connectivity index (χ4v) is 3.60. The molecule has 0 unspecified atom stereocenters. The van der Waals surface area contributed by atoms with Crippen molar-refractivity contribution in [2.75, 3.05) is 18.5 Å². The molecule has 2 N–H and O–H groups in total. The van der Waals surface area contributed by atoms with Gasteiger partial charge in [-0.3, -0.25) is 0 Å². The van der Waals surface area contributed by atoms with Crippen LogP contribution in [0.2, 0.25) is 0 Å². The third-order valence-corrected chi connectivity index (χ3v) is 4.92. The van der Waals surface area contributed by atoms with Crippen LogP contribution in [-0.2, 0) is 16.0 Å². The lowest BCUT2D eigenvalue weighted by Crippen LogP contribution is -2.41. The molecule has 0 amide bonds. The lowest BCUT2D eigenvalue weighted by Gasteiger charge is -2.18. The van der Waals surface area contributed by atoms with E-state index in [0.29, 0.717) is 31.5 Å². The summed E-state index contributed by atoms with van der Waals surface area (Å²) in [5.41, 5.74) is 0.735. The third kappa shape index (κ3) is 3.34. The summed E-state index contributed by atoms with van der Waals surface area (Å²) in [6.45, 7) is 1.80. The van der Waals surface area contributed by atoms with E-state index in [1.165, 1.54) is 0 Å². The largest absolute Gasteiger partial charge is 0.468 e. The Bertz CT molecular complexity index is 868. The number of furan rings is 2. The summed E-state index contributed by atoms with van der Waals surface area (Å²) in [7, 11) is 0. The molecule has 4 atom stereocenters. The number of ether oxygens (including phenoxy) is 2. The summed E-state index contributed by atoms with van der Waals surface area (Å²) in [5.74, 6) is 2.14. The highest BCUT2D eigenvalue weighted by molar-refractivity contribution is 5.53. The van der Waals surface area contributed by atoms with E-state index in [1.54, 1.807) is 18.7 Å². The maximum atomic E-state index is 5.99. The molecule has 2 aliphatic rings. The Kier molecular flexibility index (Phi) is 4.36. The summed E-state index contributed by atoms with van der Waals surface area (Å²) >= 11 is 0. The van der Waals surface area contributed by atoms with Gasteiger partial charge >= 0.3 is 0 Å². The quantitative estimate of drug-likeness (QED) is 0.683. The number of fused-ring (bicyclic) bond motifs is 1. The number of nitrogens with one attached hydrogen (secondary N) is 2. The van der Waals surface area contributed by atoms with Crippen LogP contribution in [0.3, 0.4) is 0 Å². The molecule has 0 radical (unpaired) electrons. The number of hydrogen-bond donors (Lipinski definition) is 2. The minimum absolute atomic E-state index is 0.00253. The van der Waals surface area contributed by atoms with Gasteiger partial charge in [0.2, 0.25) is 5.95 Å². The van der Waals surface area contributed by atoms with E-state index in [-0.39, 0.29) is 24.3 Å². The minimum Gasteiger partial charge on any atom is -0.468 e. The zero-order valence-corrected chi connectivity index (χ0v) is 14.6. The molecular weight excluding hydrogens is 348 g/mol. The second kappa shape index (κ2) is 7.15. The summed E-state index contributed by atoms with van der Waals surface area (Å²) < 4.78 is 22.8. The fraction of sp³-hybridized carbons (Fsp3) is 0.368. The van der Waals surface area contributed by atoms with Crippen molar-refractivity contribution in [3.05, 3.63) is 54.8 Å². The SMILES string of the molecule is c1coc(CN[C@H]2CO[C@H]3[C@@H]2OC[C@@H]3Nc2nccc(-c3ccco3)n2)c1. The van der Waals surface area contributed by atoms with E-state index < -0.39 is 0 Å². The molecule has 8 heteroatoms. The number of anilines is 1. The number of nitrogens with zero attached hydrogens (tertiary/aromatic N) is 2. The van der Waals surface area contributed by atoms with Crippen LogP contribution in [0.5, 0.6) is 0 Å². The Balaban J connectivity index is 1.22. The normalized spacial score (nSPS) is 27.0. The predicted octanol–water partition coefficient (Wildman–Crippen LogP) is 2.07. The van der Waals surface area contributed by atoms with Gasteiger partial charge in [-0.05, 0) is 30.3 Å². The summed E-state index contributed by atoms with van der Waals surface area (Å²) in [5, 5.41) is 6.80. The molecule has 0 aromatic carbocycles. The fourth-order valence-electron chi connectivity index (χ4n) is 3.60. The van der Waals surface area contributed by atoms with Crippen molar-refractivity contribution in [2.24, 2.45) is 0 Å². The molecule has 2 fully saturated rings. The monoisotopic (exact) mass is 368 g/mol. The van der Waals surface area contributed by atoms with Crippen LogP contribution in [0.1, 0.15) is 5.76 Å². The van der Waals surface area contributed by atoms with Crippen molar-refractivity contribution in [1.82, 2.24) is 15.3 Å². The van der Waals surface area contributed by atoms with Crippen molar-refractivity contribution in [1.29, 1.82) is 0 Å². The summed E-state index contributed by atoms with van der Waals surface area (Å²) in [6.07, 6.45) is 4.96. The Hall–Kier alpha value is -2.68. The molecule has 27 heavy (non-hydrogen) atoms. The first-order valence-corrected chi connectivity index (χ1v) is 8.99. The van der Waals surface area contributed by atoms with E-state index in [0.717, 1.165) is 11.5 Å². The average Bonchev–Trinajstić information content (AvgIpc) is 3.47. The van der Waals surface area contributed by atoms with E-state index in [9.17, 15) is 0 Å². The standard InChI is InChI=1S/C19H20N4O4/c1-3-12(24-7-1)9-21-14-10-26-18-15(11-27-17(14)18)23-19-20-6-5-13(22-19)16-4-2-8-25-16/h1-8,14-15,17-18,21H,9-11H2,(H,20,22,23)/t14-,15-,17+,18+/m0/s1. The molecule has 0 bridgehead atoms. The number of hydrogen-bond acceptors (Lipinski definition) is 8. The topological polar surface area (TPSA) is 94.6 Å². The van der Waals surface area contributed by atoms with Crippen molar-refractivity contribution < 1.29 is 18.3 Å². The first-order valence-electron chi connectivity index (χ1n) is 8.99. The number of rotatable bonds is 6. The predicted molar refractivity (Wildman–Crippen MR) is 96.0 cm³/mol. The van der Waals surface area contributed by atoms with Gasteiger partial charge in [-0.25, -0.2) is 9.97 Å². The van der Waals surface area contributed by atoms with Crippen LogP contribution in [0.25, 0.3) is 11.5 Å². The highest BCUT2D eigenvalue weighted by atomic mass is 16.6. The van der Waals surface area contributed by atoms with Gasteiger partial charge in [-0.15, -0.1) is 0 Å². The second-order valence-electron chi connectivity index (χ2n) is 6.66. The molecule has 0 aliphatic carbocycles. The van der Waals surface area contributed by atoms with Gasteiger partial charge in [-0.1, -0.05) is 0 Å². The van der Waals surface area contributed by atoms with Crippen molar-refractivity contribution in [2.45, 2.75) is 30.8 Å². The molecule has 2 saturated heterocycles. The molecule has 3 aromatic heterocycles. The Morgan fingerprint density at radius 2 is 1.78 bits per heavy atom. The number of aromatic nitrogens is 2. The first kappa shape index (κ1) is 16.5. The van der Waals surface area contributed by atoms with Crippen molar-refractivity contribution >= 4 is 5.95 Å². The van der Waals surface area contributed by atoms with Gasteiger partial charge in [0, 0.05) is 6.20 Å². The van der Waals surface area contributed by atoms with Crippen LogP contribution in [-0.4, -0.2) is 47.5 Å². The van der Waals surface area contributed by atoms with Gasteiger partial charge in [0.05, 0.1) is 44.4 Å². The lowest BCUT2D eigenvalue weighted by molar-refractivity contribution is 0.0673. The molecular formula is C19H20N4O4. The molecule has 0 saturated carbocycles. The maximum absolute atomic E-state index is 5.99. The van der Waals surface area contributed by atoms with Gasteiger partial charge < -0.3 is 28.9 Å². The van der Waals surface area contributed by atoms with Crippen LogP contribution in [0.4, 0.5) is 5.95 Å². The van der Waals surface area contributed by atoms with Gasteiger partial charge in [0.25, 0.3) is 0 Å². The Labute approximate surface area is 155 Å². The van der Waals surface area contributed by atoms with Gasteiger partial charge in [0.1, 0.15) is 23.7 Å². The average molecular weight is 368 g/mol. The molecule has 2 aliphatic heterocycles. The van der Waals surface area contributed by atoms with Crippen LogP contribution in [0, 0.1) is 0 Å². The molecule has 3 aromatic rings. The van der Waals surface area contributed by atoms with E-state index in [2.05, 4.69) is 20.6 Å². The molecule has 5 rings (SSSR count). The Morgan fingerprint density at radius 3 is 2.59 bits per heavy atom. The summed E-state index contributed by atoms with van der Waals surface area (Å²) in [4.78, 5) is 8.84. The van der Waals surface area contributed by atoms with Crippen molar-refractivity contribution in [3.8, 4) is 11.5 Å². The zero-order valence-electron chi connectivity index (χ0n) is 14.6. The highest BCUT2D eigenvalue weighted by Gasteiger charge is 2.47. The second-order valence-corrected chi connectivity index (χ2v) is 6.66. The van der Waals surface area contributed by atoms with E-state index in [4.69, 9.17) is 18.3 Å². The third-order valence-electron chi connectivity index (χ3n) is 4.92. The minimum atomic E-state index is -0.0463. The lowest BCUT2D eigenvalue weighted by atomic mass is 10.1. The smallest absolute Gasteiger partial charge is 0.223 e. The first-order chi connectivity index (χ1) is 13.4. The highest BCUT2D eigenvalue weighted by Crippen LogP contribution is 2.29. The molecule has 0 spiro atoms. The van der Waals surface area contributed by atoms with E-state index in [1.807, 2.05) is 30.3 Å². The maximum Gasteiger partial charge on any atom is 0.223 e. The molecule has 5 heterocycles. The van der Waals surface area contributed by atoms with Crippen molar-refractivity contribution in [3.63, 3.8) is 0 Å². The zero-order chi connectivity index (χ0) is 18.1. The van der Waals surface area contributed by atoms with Gasteiger partial charge in [0.15, 0.2) is 5.76 Å². The van der Waals surface area contributed by atoms with E-state index >= 15 is 0 Å². The molecule has 140 valence electrons. The van der Waals surface area contributed by atoms with Crippen LogP contribution in [0.15, 0.2) is 57.9 Å². The van der Waals surface area contributed by atoms with Crippen LogP contribution < -0.4 is 10.6 Å².